The monoisotopic (exact) mass is 185 g/mol. The Labute approximate surface area is 79.2 Å². The molecule has 0 spiro atoms. The van der Waals surface area contributed by atoms with Crippen LogP contribution in [0.5, 0.6) is 0 Å². The highest BCUT2D eigenvalue weighted by molar-refractivity contribution is 5.79. The van der Waals surface area contributed by atoms with Gasteiger partial charge >= 0.3 is 0 Å². The Kier molecular flexibility index (Phi) is 3.54. The highest BCUT2D eigenvalue weighted by atomic mass is 16.4. The molecular formula is C9H19N3O. The first kappa shape index (κ1) is 10.3. The third-order valence-electron chi connectivity index (χ3n) is 2.80. The standard InChI is InChI=1S/C9H19N3O/c1-9(4-2-5-9)7-11-6-3-8(10)12-13/h11,13H,2-7H2,1H3,(H2,10,12). The van der Waals surface area contributed by atoms with Gasteiger partial charge in [0.15, 0.2) is 0 Å². The number of oxime groups is 1. The molecule has 4 N–H and O–H groups in total. The van der Waals surface area contributed by atoms with Gasteiger partial charge in [0.05, 0.1) is 0 Å². The zero-order chi connectivity index (χ0) is 9.73. The van der Waals surface area contributed by atoms with E-state index in [0.717, 1.165) is 13.1 Å². The molecule has 0 aliphatic heterocycles. The van der Waals surface area contributed by atoms with E-state index in [4.69, 9.17) is 10.9 Å². The van der Waals surface area contributed by atoms with Crippen LogP contribution in [0.4, 0.5) is 0 Å². The van der Waals surface area contributed by atoms with Crippen molar-refractivity contribution in [2.24, 2.45) is 16.3 Å². The molecule has 0 aromatic heterocycles. The molecule has 1 fully saturated rings. The zero-order valence-electron chi connectivity index (χ0n) is 8.21. The Morgan fingerprint density at radius 1 is 1.62 bits per heavy atom. The molecule has 1 saturated carbocycles. The van der Waals surface area contributed by atoms with E-state index in [1.54, 1.807) is 0 Å². The first-order chi connectivity index (χ1) is 6.16. The molecule has 0 radical (unpaired) electrons. The van der Waals surface area contributed by atoms with E-state index in [2.05, 4.69) is 17.4 Å². The highest BCUT2D eigenvalue weighted by Gasteiger charge is 2.30. The first-order valence-corrected chi connectivity index (χ1v) is 4.83. The summed E-state index contributed by atoms with van der Waals surface area (Å²) in [5, 5.41) is 14.5. The summed E-state index contributed by atoms with van der Waals surface area (Å²) in [4.78, 5) is 0. The van der Waals surface area contributed by atoms with Gasteiger partial charge in [-0.2, -0.15) is 0 Å². The van der Waals surface area contributed by atoms with Crippen LogP contribution in [0.25, 0.3) is 0 Å². The van der Waals surface area contributed by atoms with Crippen LogP contribution in [0, 0.1) is 5.41 Å². The van der Waals surface area contributed by atoms with E-state index in [9.17, 15) is 0 Å². The van der Waals surface area contributed by atoms with Crippen LogP contribution in [0.1, 0.15) is 32.6 Å². The minimum absolute atomic E-state index is 0.297. The summed E-state index contributed by atoms with van der Waals surface area (Å²) in [6.07, 6.45) is 4.62. The molecule has 0 heterocycles. The number of hydrogen-bond acceptors (Lipinski definition) is 3. The van der Waals surface area contributed by atoms with Gasteiger partial charge in [0.1, 0.15) is 5.84 Å². The second-order valence-electron chi connectivity index (χ2n) is 4.18. The Morgan fingerprint density at radius 2 is 2.31 bits per heavy atom. The molecule has 76 valence electrons. The van der Waals surface area contributed by atoms with E-state index in [1.165, 1.54) is 19.3 Å². The predicted octanol–water partition coefficient (Wildman–Crippen LogP) is 0.903. The maximum Gasteiger partial charge on any atom is 0.140 e. The molecule has 1 rings (SSSR count). The summed E-state index contributed by atoms with van der Waals surface area (Å²) >= 11 is 0. The summed E-state index contributed by atoms with van der Waals surface area (Å²) < 4.78 is 0. The topological polar surface area (TPSA) is 70.6 Å². The Bertz CT molecular complexity index is 187. The summed E-state index contributed by atoms with van der Waals surface area (Å²) in [6.45, 7) is 4.14. The second kappa shape index (κ2) is 4.46. The van der Waals surface area contributed by atoms with Crippen molar-refractivity contribution < 1.29 is 5.21 Å². The van der Waals surface area contributed by atoms with Gasteiger partial charge in [-0.05, 0) is 18.3 Å². The molecular weight excluding hydrogens is 166 g/mol. The zero-order valence-corrected chi connectivity index (χ0v) is 8.21. The fourth-order valence-electron chi connectivity index (χ4n) is 1.61. The van der Waals surface area contributed by atoms with Crippen molar-refractivity contribution in [2.75, 3.05) is 13.1 Å². The van der Waals surface area contributed by atoms with Crippen molar-refractivity contribution in [3.63, 3.8) is 0 Å². The summed E-state index contributed by atoms with van der Waals surface area (Å²) in [7, 11) is 0. The number of nitrogens with two attached hydrogens (primary N) is 1. The van der Waals surface area contributed by atoms with Crippen molar-refractivity contribution in [1.82, 2.24) is 5.32 Å². The van der Waals surface area contributed by atoms with Gasteiger partial charge in [0, 0.05) is 19.5 Å². The van der Waals surface area contributed by atoms with Crippen LogP contribution < -0.4 is 11.1 Å². The normalized spacial score (nSPS) is 21.2. The molecule has 1 aliphatic carbocycles. The summed E-state index contributed by atoms with van der Waals surface area (Å²) in [5.41, 5.74) is 5.83. The number of nitrogens with one attached hydrogen (secondary N) is 1. The lowest BCUT2D eigenvalue weighted by atomic mass is 9.70. The maximum atomic E-state index is 8.29. The minimum atomic E-state index is 0.297. The Hall–Kier alpha value is -0.770. The van der Waals surface area contributed by atoms with E-state index in [1.807, 2.05) is 0 Å². The fourth-order valence-corrected chi connectivity index (χ4v) is 1.61. The average Bonchev–Trinajstić information content (AvgIpc) is 2.09. The van der Waals surface area contributed by atoms with Gasteiger partial charge in [0.25, 0.3) is 0 Å². The average molecular weight is 185 g/mol. The fraction of sp³-hybridized carbons (Fsp3) is 0.889. The van der Waals surface area contributed by atoms with Crippen LogP contribution in [0.3, 0.4) is 0 Å². The third kappa shape index (κ3) is 3.22. The second-order valence-corrected chi connectivity index (χ2v) is 4.18. The Morgan fingerprint density at radius 3 is 2.77 bits per heavy atom. The number of rotatable bonds is 5. The number of hydrogen-bond donors (Lipinski definition) is 3. The van der Waals surface area contributed by atoms with Crippen LogP contribution in [0.2, 0.25) is 0 Å². The molecule has 1 aliphatic rings. The van der Waals surface area contributed by atoms with E-state index in [0.29, 0.717) is 17.7 Å². The molecule has 0 bridgehead atoms. The van der Waals surface area contributed by atoms with Crippen LogP contribution >= 0.6 is 0 Å². The lowest BCUT2D eigenvalue weighted by Crippen LogP contribution is -2.38. The van der Waals surface area contributed by atoms with Crippen molar-refractivity contribution in [3.8, 4) is 0 Å². The van der Waals surface area contributed by atoms with E-state index in [-0.39, 0.29) is 0 Å². The molecule has 13 heavy (non-hydrogen) atoms. The largest absolute Gasteiger partial charge is 0.409 e. The van der Waals surface area contributed by atoms with Gasteiger partial charge in [-0.25, -0.2) is 0 Å². The smallest absolute Gasteiger partial charge is 0.140 e. The van der Waals surface area contributed by atoms with Gasteiger partial charge in [-0.3, -0.25) is 0 Å². The van der Waals surface area contributed by atoms with Crippen molar-refractivity contribution in [2.45, 2.75) is 32.6 Å². The maximum absolute atomic E-state index is 8.29. The first-order valence-electron chi connectivity index (χ1n) is 4.83. The molecule has 0 amide bonds. The molecule has 4 nitrogen and oxygen atoms in total. The molecule has 0 unspecified atom stereocenters. The highest BCUT2D eigenvalue weighted by Crippen LogP contribution is 2.39. The summed E-state index contributed by atoms with van der Waals surface area (Å²) in [5.74, 6) is 0.297. The quantitative estimate of drug-likeness (QED) is 0.196. The minimum Gasteiger partial charge on any atom is -0.409 e. The van der Waals surface area contributed by atoms with Gasteiger partial charge < -0.3 is 16.3 Å². The lowest BCUT2D eigenvalue weighted by Gasteiger charge is -2.38. The summed E-state index contributed by atoms with van der Waals surface area (Å²) in [6, 6.07) is 0. The number of nitrogens with zero attached hydrogens (tertiary/aromatic N) is 1. The molecule has 0 saturated heterocycles. The molecule has 0 atom stereocenters. The van der Waals surface area contributed by atoms with Crippen molar-refractivity contribution in [1.29, 1.82) is 0 Å². The molecule has 4 heteroatoms. The predicted molar refractivity (Wildman–Crippen MR) is 52.9 cm³/mol. The van der Waals surface area contributed by atoms with Crippen molar-refractivity contribution >= 4 is 5.84 Å². The molecule has 0 aromatic rings. The molecule has 0 aromatic carbocycles. The van der Waals surface area contributed by atoms with Crippen LogP contribution in [-0.4, -0.2) is 24.1 Å². The van der Waals surface area contributed by atoms with Gasteiger partial charge in [0.2, 0.25) is 0 Å². The SMILES string of the molecule is CC1(CNCCC(N)=NO)CCC1. The van der Waals surface area contributed by atoms with E-state index >= 15 is 0 Å². The van der Waals surface area contributed by atoms with Gasteiger partial charge in [-0.15, -0.1) is 0 Å². The lowest BCUT2D eigenvalue weighted by molar-refractivity contribution is 0.157. The van der Waals surface area contributed by atoms with Crippen LogP contribution in [-0.2, 0) is 0 Å². The van der Waals surface area contributed by atoms with Crippen molar-refractivity contribution in [3.05, 3.63) is 0 Å². The third-order valence-corrected chi connectivity index (χ3v) is 2.80. The van der Waals surface area contributed by atoms with Gasteiger partial charge in [-0.1, -0.05) is 18.5 Å². The van der Waals surface area contributed by atoms with E-state index < -0.39 is 0 Å². The Balaban J connectivity index is 2.01. The number of amidine groups is 1. The van der Waals surface area contributed by atoms with Crippen LogP contribution in [0.15, 0.2) is 5.16 Å².